The van der Waals surface area contributed by atoms with Gasteiger partial charge in [0.15, 0.2) is 0 Å². The molecule has 5 rings (SSSR count). The summed E-state index contributed by atoms with van der Waals surface area (Å²) in [5.74, 6) is -2.48. The van der Waals surface area contributed by atoms with Crippen molar-refractivity contribution < 1.29 is 54.3 Å². The Bertz CT molecular complexity index is 1880. The number of nitrogens with zero attached hydrogens (tertiary/aromatic N) is 1. The molecule has 3 aromatic carbocycles. The number of halogens is 8. The van der Waals surface area contributed by atoms with Crippen molar-refractivity contribution in [1.82, 2.24) is 15.1 Å². The van der Waals surface area contributed by atoms with Crippen molar-refractivity contribution in [3.05, 3.63) is 105 Å². The Balaban J connectivity index is 1.49. The van der Waals surface area contributed by atoms with Crippen LogP contribution in [0.4, 0.5) is 26.3 Å². The van der Waals surface area contributed by atoms with Gasteiger partial charge < -0.3 is 10.0 Å². The van der Waals surface area contributed by atoms with E-state index < -0.39 is 76.0 Å². The Morgan fingerprint density at radius 2 is 1.57 bits per heavy atom. The molecule has 1 heterocycles. The predicted octanol–water partition coefficient (Wildman–Crippen LogP) is 6.69. The fourth-order valence-electron chi connectivity index (χ4n) is 6.71. The van der Waals surface area contributed by atoms with Gasteiger partial charge in [-0.2, -0.15) is 26.3 Å². The first-order valence-corrected chi connectivity index (χ1v) is 18.1. The summed E-state index contributed by atoms with van der Waals surface area (Å²) in [5.41, 5.74) is -3.46. The number of amides is 2. The topological polar surface area (TPSA) is 125 Å². The summed E-state index contributed by atoms with van der Waals surface area (Å²) in [6, 6.07) is 10.9. The van der Waals surface area contributed by atoms with E-state index in [-0.39, 0.29) is 21.2 Å². The number of hydroxylamine groups is 1. The van der Waals surface area contributed by atoms with Crippen LogP contribution in [0.1, 0.15) is 70.3 Å². The normalized spacial score (nSPS) is 21.7. The second kappa shape index (κ2) is 14.5. The molecular formula is C33H31Cl2F6N3O6S. The highest BCUT2D eigenvalue weighted by Crippen LogP contribution is 2.50. The maximum Gasteiger partial charge on any atom is 0.430 e. The Labute approximate surface area is 298 Å². The van der Waals surface area contributed by atoms with Crippen LogP contribution in [0.25, 0.3) is 0 Å². The van der Waals surface area contributed by atoms with Gasteiger partial charge in [0, 0.05) is 33.3 Å². The lowest BCUT2D eigenvalue weighted by molar-refractivity contribution is -0.376. The molecule has 0 aromatic heterocycles. The van der Waals surface area contributed by atoms with Gasteiger partial charge in [-0.3, -0.25) is 14.4 Å². The maximum atomic E-state index is 14.3. The van der Waals surface area contributed by atoms with Crippen LogP contribution < -0.4 is 10.2 Å². The highest BCUT2D eigenvalue weighted by molar-refractivity contribution is 7.88. The van der Waals surface area contributed by atoms with Crippen LogP contribution in [0.5, 0.6) is 0 Å². The summed E-state index contributed by atoms with van der Waals surface area (Å²) in [7, 11) is -3.72. The number of hydrogen-bond donors (Lipinski definition) is 3. The number of benzene rings is 3. The van der Waals surface area contributed by atoms with E-state index in [1.807, 2.05) is 0 Å². The molecule has 1 aliphatic carbocycles. The summed E-state index contributed by atoms with van der Waals surface area (Å²) in [6.45, 7) is -0.519. The van der Waals surface area contributed by atoms with Crippen molar-refractivity contribution >= 4 is 45.0 Å². The van der Waals surface area contributed by atoms with Crippen LogP contribution in [0.2, 0.25) is 10.0 Å². The SMILES string of the molecule is CS(=O)(=O)N[C@H]1CCCC[C@@H]1N1C(=O)c2ccccc2[C@@H](C(=O)NOCc2ccc(C(O)(C(F)(F)F)C(F)(F)F)cc2)[C@@H]1c1ccc(Cl)cc1Cl. The van der Waals surface area contributed by atoms with Crippen LogP contribution in [0.3, 0.4) is 0 Å². The van der Waals surface area contributed by atoms with Crippen LogP contribution in [-0.2, 0) is 31.9 Å². The number of aliphatic hydroxyl groups is 1. The smallest absolute Gasteiger partial charge is 0.369 e. The quantitative estimate of drug-likeness (QED) is 0.164. The molecule has 0 spiro atoms. The fourth-order valence-corrected chi connectivity index (χ4v) is 8.06. The minimum Gasteiger partial charge on any atom is -0.369 e. The zero-order valence-electron chi connectivity index (χ0n) is 26.6. The zero-order valence-corrected chi connectivity index (χ0v) is 28.9. The van der Waals surface area contributed by atoms with Gasteiger partial charge >= 0.3 is 12.4 Å². The monoisotopic (exact) mass is 781 g/mol. The third-order valence-corrected chi connectivity index (χ3v) is 10.3. The number of hydrogen-bond acceptors (Lipinski definition) is 6. The summed E-state index contributed by atoms with van der Waals surface area (Å²) >= 11 is 12.9. The molecule has 1 aliphatic heterocycles. The van der Waals surface area contributed by atoms with E-state index in [9.17, 15) is 49.5 Å². The average Bonchev–Trinajstić information content (AvgIpc) is 3.03. The highest BCUT2D eigenvalue weighted by Gasteiger charge is 2.71. The lowest BCUT2D eigenvalue weighted by atomic mass is 9.76. The zero-order chi connectivity index (χ0) is 37.5. The predicted molar refractivity (Wildman–Crippen MR) is 174 cm³/mol. The van der Waals surface area contributed by atoms with Crippen LogP contribution >= 0.6 is 23.2 Å². The van der Waals surface area contributed by atoms with Crippen LogP contribution in [0.15, 0.2) is 66.7 Å². The van der Waals surface area contributed by atoms with Crippen LogP contribution in [-0.4, -0.2) is 60.9 Å². The molecule has 9 nitrogen and oxygen atoms in total. The first-order chi connectivity index (χ1) is 23.7. The molecule has 0 saturated heterocycles. The third kappa shape index (κ3) is 7.86. The van der Waals surface area contributed by atoms with Gasteiger partial charge in [-0.15, -0.1) is 0 Å². The second-order valence-electron chi connectivity index (χ2n) is 12.4. The third-order valence-electron chi connectivity index (χ3n) is 9.00. The van der Waals surface area contributed by atoms with E-state index >= 15 is 0 Å². The standard InChI is InChI=1S/C33H31Cl2F6N3O6S/c1-51(48,49)43-25-8-4-5-9-26(25)44-28(23-15-14-20(34)16-24(23)35)27(21-6-2-3-7-22(21)30(44)46)29(45)42-50-17-18-10-12-19(13-11-18)31(47,32(36,37)38)33(39,40)41/h2-3,6-7,10-16,25-28,43,47H,4-5,8-9,17H2,1H3,(H,42,45)/t25-,26-,27+,28-/m0/s1. The van der Waals surface area contributed by atoms with Crippen molar-refractivity contribution in [1.29, 1.82) is 0 Å². The highest BCUT2D eigenvalue weighted by atomic mass is 35.5. The van der Waals surface area contributed by atoms with E-state index in [0.29, 0.717) is 48.9 Å². The van der Waals surface area contributed by atoms with Gasteiger partial charge in [-0.1, -0.05) is 84.6 Å². The van der Waals surface area contributed by atoms with E-state index in [4.69, 9.17) is 28.0 Å². The Kier molecular flexibility index (Phi) is 11.1. The molecular weight excluding hydrogens is 751 g/mol. The first kappa shape index (κ1) is 38.8. The van der Waals surface area contributed by atoms with Crippen molar-refractivity contribution in [2.45, 2.75) is 74.3 Å². The largest absolute Gasteiger partial charge is 0.430 e. The minimum atomic E-state index is -6.06. The Hall–Kier alpha value is -3.41. The molecule has 1 saturated carbocycles. The second-order valence-corrected chi connectivity index (χ2v) is 15.0. The molecule has 2 aliphatic rings. The van der Waals surface area contributed by atoms with E-state index in [0.717, 1.165) is 18.4 Å². The molecule has 0 bridgehead atoms. The number of nitrogens with one attached hydrogen (secondary N) is 2. The van der Waals surface area contributed by atoms with Crippen molar-refractivity contribution in [3.63, 3.8) is 0 Å². The summed E-state index contributed by atoms with van der Waals surface area (Å²) in [4.78, 5) is 35.3. The molecule has 3 aromatic rings. The van der Waals surface area contributed by atoms with Gasteiger partial charge in [0.25, 0.3) is 17.4 Å². The van der Waals surface area contributed by atoms with Crippen molar-refractivity contribution in [3.8, 4) is 0 Å². The van der Waals surface area contributed by atoms with Gasteiger partial charge in [0.05, 0.1) is 24.8 Å². The molecule has 0 radical (unpaired) electrons. The molecule has 0 unspecified atom stereocenters. The molecule has 1 fully saturated rings. The number of carbonyl (C=O) groups is 2. The number of fused-ring (bicyclic) bond motifs is 1. The molecule has 4 atom stereocenters. The van der Waals surface area contributed by atoms with E-state index in [1.165, 1.54) is 23.1 Å². The fraction of sp³-hybridized carbons (Fsp3) is 0.394. The molecule has 51 heavy (non-hydrogen) atoms. The number of rotatable bonds is 9. The number of alkyl halides is 6. The molecule has 3 N–H and O–H groups in total. The first-order valence-electron chi connectivity index (χ1n) is 15.5. The van der Waals surface area contributed by atoms with E-state index in [2.05, 4.69) is 10.2 Å². The lowest BCUT2D eigenvalue weighted by Crippen LogP contribution is -2.59. The van der Waals surface area contributed by atoms with Crippen LogP contribution in [0, 0.1) is 0 Å². The van der Waals surface area contributed by atoms with Gasteiger partial charge in [0.2, 0.25) is 10.0 Å². The minimum absolute atomic E-state index is 0.0424. The van der Waals surface area contributed by atoms with Crippen molar-refractivity contribution in [2.24, 2.45) is 0 Å². The van der Waals surface area contributed by atoms with E-state index in [1.54, 1.807) is 24.3 Å². The number of carbonyl (C=O) groups excluding carboxylic acids is 2. The molecule has 276 valence electrons. The average molecular weight is 783 g/mol. The summed E-state index contributed by atoms with van der Waals surface area (Å²) < 4.78 is 107. The maximum absolute atomic E-state index is 14.3. The molecule has 2 amide bonds. The summed E-state index contributed by atoms with van der Waals surface area (Å²) in [6.07, 6.45) is -8.99. The van der Waals surface area contributed by atoms with Gasteiger partial charge in [-0.05, 0) is 47.7 Å². The summed E-state index contributed by atoms with van der Waals surface area (Å²) in [5, 5.41) is 10.0. The van der Waals surface area contributed by atoms with Gasteiger partial charge in [-0.25, -0.2) is 18.6 Å². The Morgan fingerprint density at radius 1 is 0.941 bits per heavy atom. The Morgan fingerprint density at radius 3 is 2.18 bits per heavy atom. The lowest BCUT2D eigenvalue weighted by Gasteiger charge is -2.49. The number of sulfonamides is 1. The van der Waals surface area contributed by atoms with Gasteiger partial charge in [0.1, 0.15) is 0 Å². The van der Waals surface area contributed by atoms with Crippen molar-refractivity contribution in [2.75, 3.05) is 6.26 Å². The molecule has 18 heteroatoms.